The number of ketones is 1. The van der Waals surface area contributed by atoms with Crippen LogP contribution in [0, 0.1) is 5.82 Å². The summed E-state index contributed by atoms with van der Waals surface area (Å²) in [5, 5.41) is 1.98. The Bertz CT molecular complexity index is 1040. The van der Waals surface area contributed by atoms with Gasteiger partial charge in [0.15, 0.2) is 5.13 Å². The van der Waals surface area contributed by atoms with Crippen LogP contribution in [0.2, 0.25) is 0 Å². The topological polar surface area (TPSA) is 109 Å². The molecule has 2 amide bonds. The van der Waals surface area contributed by atoms with Gasteiger partial charge in [-0.05, 0) is 31.5 Å². The number of cyclic esters (lactones) is 1. The van der Waals surface area contributed by atoms with Crippen molar-refractivity contribution in [2.75, 3.05) is 48.3 Å². The maximum Gasteiger partial charge on any atom is 0.414 e. The molecule has 3 heterocycles. The lowest BCUT2D eigenvalue weighted by Crippen LogP contribution is -2.49. The molecule has 2 aromatic rings. The van der Waals surface area contributed by atoms with E-state index in [1.807, 2.05) is 4.90 Å². The van der Waals surface area contributed by atoms with Gasteiger partial charge >= 0.3 is 6.09 Å². The van der Waals surface area contributed by atoms with Crippen molar-refractivity contribution in [2.45, 2.75) is 25.9 Å². The monoisotopic (exact) mass is 461 g/mol. The molecule has 2 aliphatic heterocycles. The maximum absolute atomic E-state index is 14.9. The minimum atomic E-state index is -0.541. The first-order valence-corrected chi connectivity index (χ1v) is 11.2. The summed E-state index contributed by atoms with van der Waals surface area (Å²) < 4.78 is 20.2. The predicted octanol–water partition coefficient (Wildman–Crippen LogP) is 2.52. The Kier molecular flexibility index (Phi) is 6.26. The SMILES string of the molecule is CC(=O)CC[C@H]1CN(c2ccc(N3CCN(C(=O)c4csc(N)n4)CC3)c(F)c2)C(=O)O1. The fourth-order valence-electron chi connectivity index (χ4n) is 3.87. The second-order valence-corrected chi connectivity index (χ2v) is 8.73. The quantitative estimate of drug-likeness (QED) is 0.704. The van der Waals surface area contributed by atoms with Crippen LogP contribution in [-0.2, 0) is 9.53 Å². The summed E-state index contributed by atoms with van der Waals surface area (Å²) in [4.78, 5) is 44.8. The van der Waals surface area contributed by atoms with Crippen molar-refractivity contribution in [2.24, 2.45) is 0 Å². The number of amides is 2. The summed E-state index contributed by atoms with van der Waals surface area (Å²) in [7, 11) is 0. The van der Waals surface area contributed by atoms with Crippen molar-refractivity contribution in [1.82, 2.24) is 9.88 Å². The lowest BCUT2D eigenvalue weighted by Gasteiger charge is -2.36. The van der Waals surface area contributed by atoms with Crippen LogP contribution in [0.1, 0.15) is 30.3 Å². The molecule has 9 nitrogen and oxygen atoms in total. The molecule has 11 heteroatoms. The van der Waals surface area contributed by atoms with Gasteiger partial charge in [0, 0.05) is 38.0 Å². The zero-order valence-electron chi connectivity index (χ0n) is 17.6. The summed E-state index contributed by atoms with van der Waals surface area (Å²) in [6.45, 7) is 3.60. The van der Waals surface area contributed by atoms with Gasteiger partial charge in [-0.3, -0.25) is 9.69 Å². The molecule has 2 N–H and O–H groups in total. The third-order valence-corrected chi connectivity index (χ3v) is 6.26. The number of nitrogens with two attached hydrogens (primary N) is 1. The summed E-state index contributed by atoms with van der Waals surface area (Å²) in [6, 6.07) is 4.64. The molecule has 0 spiro atoms. The number of anilines is 3. The van der Waals surface area contributed by atoms with E-state index in [1.54, 1.807) is 22.4 Å². The largest absolute Gasteiger partial charge is 0.444 e. The highest BCUT2D eigenvalue weighted by molar-refractivity contribution is 7.13. The number of benzene rings is 1. The van der Waals surface area contributed by atoms with E-state index in [2.05, 4.69) is 4.98 Å². The van der Waals surface area contributed by atoms with Gasteiger partial charge in [0.1, 0.15) is 23.4 Å². The van der Waals surface area contributed by atoms with Gasteiger partial charge in [0.05, 0.1) is 17.9 Å². The highest BCUT2D eigenvalue weighted by Gasteiger charge is 2.33. The Morgan fingerprint density at radius 3 is 2.66 bits per heavy atom. The van der Waals surface area contributed by atoms with Crippen molar-refractivity contribution in [3.8, 4) is 0 Å². The number of hydrogen-bond acceptors (Lipinski definition) is 8. The van der Waals surface area contributed by atoms with Crippen LogP contribution in [0.25, 0.3) is 0 Å². The maximum atomic E-state index is 14.9. The van der Waals surface area contributed by atoms with Crippen molar-refractivity contribution in [1.29, 1.82) is 0 Å². The number of nitrogen functional groups attached to an aromatic ring is 1. The van der Waals surface area contributed by atoms with Crippen LogP contribution >= 0.6 is 11.3 Å². The van der Waals surface area contributed by atoms with Crippen LogP contribution in [0.4, 0.5) is 25.7 Å². The first kappa shape index (κ1) is 22.0. The van der Waals surface area contributed by atoms with Crippen molar-refractivity contribution in [3.63, 3.8) is 0 Å². The summed E-state index contributed by atoms with van der Waals surface area (Å²) in [6.07, 6.45) is -0.133. The number of carbonyl (C=O) groups is 3. The zero-order chi connectivity index (χ0) is 22.8. The molecule has 0 unspecified atom stereocenters. The zero-order valence-corrected chi connectivity index (χ0v) is 18.4. The molecule has 32 heavy (non-hydrogen) atoms. The fraction of sp³-hybridized carbons (Fsp3) is 0.429. The lowest BCUT2D eigenvalue weighted by molar-refractivity contribution is -0.117. The summed E-state index contributed by atoms with van der Waals surface area (Å²) >= 11 is 1.22. The molecule has 1 aromatic carbocycles. The number of carbonyl (C=O) groups excluding carboxylic acids is 3. The van der Waals surface area contributed by atoms with E-state index in [4.69, 9.17) is 10.5 Å². The Morgan fingerprint density at radius 2 is 2.03 bits per heavy atom. The van der Waals surface area contributed by atoms with Gasteiger partial charge in [-0.1, -0.05) is 0 Å². The number of halogens is 1. The molecule has 1 atom stereocenters. The average molecular weight is 462 g/mol. The van der Waals surface area contributed by atoms with Crippen LogP contribution < -0.4 is 15.5 Å². The van der Waals surface area contributed by atoms with Crippen molar-refractivity contribution >= 4 is 45.6 Å². The smallest absolute Gasteiger partial charge is 0.414 e. The number of ether oxygens (including phenoxy) is 1. The van der Waals surface area contributed by atoms with Gasteiger partial charge < -0.3 is 25.1 Å². The molecule has 0 radical (unpaired) electrons. The van der Waals surface area contributed by atoms with Crippen LogP contribution in [0.3, 0.4) is 0 Å². The number of Topliss-reactive ketones (excluding diaryl/α,β-unsaturated/α-hetero) is 1. The van der Waals surface area contributed by atoms with E-state index in [-0.39, 0.29) is 24.3 Å². The Morgan fingerprint density at radius 1 is 1.28 bits per heavy atom. The first-order chi connectivity index (χ1) is 15.3. The van der Waals surface area contributed by atoms with Gasteiger partial charge in [0.2, 0.25) is 0 Å². The van der Waals surface area contributed by atoms with Gasteiger partial charge in [-0.25, -0.2) is 14.2 Å². The molecule has 2 fully saturated rings. The van der Waals surface area contributed by atoms with Crippen molar-refractivity contribution < 1.29 is 23.5 Å². The standard InChI is InChI=1S/C21H24FN5O4S/c1-13(28)2-4-15-11-27(21(30)31-15)14-3-5-18(16(22)10-14)25-6-8-26(9-7-25)19(29)17-12-32-20(23)24-17/h3,5,10,12,15H,2,4,6-9,11H2,1H3,(H2,23,24)/t15-/m0/s1. The molecule has 0 saturated carbocycles. The Hall–Kier alpha value is -3.21. The van der Waals surface area contributed by atoms with Crippen LogP contribution in [0.5, 0.6) is 0 Å². The second kappa shape index (κ2) is 9.11. The van der Waals surface area contributed by atoms with E-state index in [9.17, 15) is 18.8 Å². The van der Waals surface area contributed by atoms with Gasteiger partial charge in [0.25, 0.3) is 5.91 Å². The molecular formula is C21H24FN5O4S. The molecule has 2 aliphatic rings. The molecule has 0 bridgehead atoms. The average Bonchev–Trinajstić information content (AvgIpc) is 3.37. The highest BCUT2D eigenvalue weighted by Crippen LogP contribution is 2.29. The highest BCUT2D eigenvalue weighted by atomic mass is 32.1. The predicted molar refractivity (Wildman–Crippen MR) is 119 cm³/mol. The number of rotatable bonds is 6. The Labute approximate surface area is 188 Å². The molecule has 1 aromatic heterocycles. The van der Waals surface area contributed by atoms with E-state index < -0.39 is 11.9 Å². The Balaban J connectivity index is 1.37. The van der Waals surface area contributed by atoms with E-state index in [1.165, 1.54) is 29.2 Å². The van der Waals surface area contributed by atoms with Crippen molar-refractivity contribution in [3.05, 3.63) is 35.1 Å². The van der Waals surface area contributed by atoms with Crippen LogP contribution in [-0.4, -0.2) is 66.5 Å². The molecule has 0 aliphatic carbocycles. The number of thiazole rings is 1. The number of aromatic nitrogens is 1. The van der Waals surface area contributed by atoms with E-state index in [0.29, 0.717) is 61.2 Å². The van der Waals surface area contributed by atoms with Gasteiger partial charge in [-0.2, -0.15) is 0 Å². The third kappa shape index (κ3) is 4.67. The molecular weight excluding hydrogens is 437 g/mol. The normalized spacial score (nSPS) is 18.8. The molecule has 4 rings (SSSR count). The third-order valence-electron chi connectivity index (χ3n) is 5.58. The number of hydrogen-bond donors (Lipinski definition) is 1. The first-order valence-electron chi connectivity index (χ1n) is 10.3. The van der Waals surface area contributed by atoms with Gasteiger partial charge in [-0.15, -0.1) is 11.3 Å². The van der Waals surface area contributed by atoms with Crippen LogP contribution in [0.15, 0.2) is 23.6 Å². The summed E-state index contributed by atoms with van der Waals surface area (Å²) in [5.74, 6) is -0.595. The number of piperazine rings is 1. The molecule has 2 saturated heterocycles. The molecule has 170 valence electrons. The lowest BCUT2D eigenvalue weighted by atomic mass is 10.1. The second-order valence-electron chi connectivity index (χ2n) is 7.84. The summed E-state index contributed by atoms with van der Waals surface area (Å²) in [5.41, 5.74) is 6.76. The minimum Gasteiger partial charge on any atom is -0.444 e. The fourth-order valence-corrected chi connectivity index (χ4v) is 4.40. The minimum absolute atomic E-state index is 0.0346. The van der Waals surface area contributed by atoms with E-state index in [0.717, 1.165) is 0 Å². The number of nitrogens with zero attached hydrogens (tertiary/aromatic N) is 4. The van der Waals surface area contributed by atoms with E-state index >= 15 is 0 Å².